The maximum atomic E-state index is 6.26. The number of hydrogen-bond donors (Lipinski definition) is 1. The molecule has 0 spiro atoms. The molecular formula is C16H28N2. The number of aryl methyl sites for hydroxylation is 1. The molecule has 0 saturated heterocycles. The molecule has 0 aliphatic heterocycles. The summed E-state index contributed by atoms with van der Waals surface area (Å²) in [4.78, 5) is 2.29. The van der Waals surface area contributed by atoms with E-state index in [1.807, 2.05) is 0 Å². The monoisotopic (exact) mass is 248 g/mol. The van der Waals surface area contributed by atoms with Gasteiger partial charge in [0.25, 0.3) is 0 Å². The third-order valence-electron chi connectivity index (χ3n) is 4.16. The van der Waals surface area contributed by atoms with Crippen molar-refractivity contribution >= 4 is 5.69 Å². The Hall–Kier alpha value is -1.02. The van der Waals surface area contributed by atoms with Gasteiger partial charge in [0.15, 0.2) is 0 Å². The van der Waals surface area contributed by atoms with E-state index < -0.39 is 0 Å². The Morgan fingerprint density at radius 2 is 1.56 bits per heavy atom. The van der Waals surface area contributed by atoms with Gasteiger partial charge in [0.05, 0.1) is 0 Å². The average molecular weight is 248 g/mol. The second-order valence-corrected chi connectivity index (χ2v) is 6.48. The first-order valence-corrected chi connectivity index (χ1v) is 6.76. The topological polar surface area (TPSA) is 29.3 Å². The van der Waals surface area contributed by atoms with Gasteiger partial charge in [-0.15, -0.1) is 0 Å². The molecule has 0 amide bonds. The summed E-state index contributed by atoms with van der Waals surface area (Å²) in [7, 11) is 2.13. The number of benzene rings is 1. The molecule has 0 bridgehead atoms. The Morgan fingerprint density at radius 3 is 1.94 bits per heavy atom. The number of nitrogens with two attached hydrogens (primary N) is 1. The molecule has 0 fully saturated rings. The van der Waals surface area contributed by atoms with Crippen LogP contribution in [0.3, 0.4) is 0 Å². The van der Waals surface area contributed by atoms with Gasteiger partial charge in [-0.3, -0.25) is 0 Å². The summed E-state index contributed by atoms with van der Waals surface area (Å²) >= 11 is 0. The van der Waals surface area contributed by atoms with Gasteiger partial charge in [-0.1, -0.05) is 32.9 Å². The molecule has 0 aliphatic carbocycles. The van der Waals surface area contributed by atoms with Gasteiger partial charge in [-0.05, 0) is 43.4 Å². The highest BCUT2D eigenvalue weighted by atomic mass is 15.1. The van der Waals surface area contributed by atoms with Crippen molar-refractivity contribution in [3.05, 3.63) is 29.8 Å². The summed E-state index contributed by atoms with van der Waals surface area (Å²) in [5.41, 5.74) is 8.76. The lowest BCUT2D eigenvalue weighted by Gasteiger charge is -2.41. The predicted octanol–water partition coefficient (Wildman–Crippen LogP) is 3.45. The van der Waals surface area contributed by atoms with Gasteiger partial charge in [0.2, 0.25) is 0 Å². The molecule has 0 heterocycles. The lowest BCUT2D eigenvalue weighted by molar-refractivity contribution is 0.210. The fourth-order valence-electron chi connectivity index (χ4n) is 1.87. The quantitative estimate of drug-likeness (QED) is 0.865. The highest BCUT2D eigenvalue weighted by Crippen LogP contribution is 2.30. The van der Waals surface area contributed by atoms with Gasteiger partial charge in [0, 0.05) is 24.8 Å². The van der Waals surface area contributed by atoms with Crippen molar-refractivity contribution in [1.82, 2.24) is 0 Å². The Bertz CT molecular complexity index is 371. The van der Waals surface area contributed by atoms with Crippen molar-refractivity contribution in [3.8, 4) is 0 Å². The molecule has 0 aliphatic rings. The molecule has 0 unspecified atom stereocenters. The lowest BCUT2D eigenvalue weighted by Crippen LogP contribution is -2.52. The van der Waals surface area contributed by atoms with E-state index in [0.29, 0.717) is 0 Å². The minimum atomic E-state index is -0.190. The van der Waals surface area contributed by atoms with Crippen LogP contribution in [0.4, 0.5) is 5.69 Å². The van der Waals surface area contributed by atoms with E-state index in [1.54, 1.807) is 0 Å². The summed E-state index contributed by atoms with van der Waals surface area (Å²) < 4.78 is 0. The van der Waals surface area contributed by atoms with E-state index in [-0.39, 0.29) is 11.0 Å². The van der Waals surface area contributed by atoms with Crippen LogP contribution in [-0.4, -0.2) is 19.1 Å². The first-order chi connectivity index (χ1) is 8.17. The molecule has 1 rings (SSSR count). The number of anilines is 1. The van der Waals surface area contributed by atoms with Crippen LogP contribution < -0.4 is 10.6 Å². The van der Waals surface area contributed by atoms with Crippen LogP contribution in [0.15, 0.2) is 24.3 Å². The first kappa shape index (κ1) is 15.0. The Morgan fingerprint density at radius 1 is 1.06 bits per heavy atom. The summed E-state index contributed by atoms with van der Waals surface area (Å²) in [6.07, 6.45) is 1.09. The van der Waals surface area contributed by atoms with E-state index in [4.69, 9.17) is 5.73 Å². The smallest absolute Gasteiger partial charge is 0.0363 e. The van der Waals surface area contributed by atoms with E-state index >= 15 is 0 Å². The Kier molecular flexibility index (Phi) is 4.44. The van der Waals surface area contributed by atoms with E-state index in [2.05, 4.69) is 70.8 Å². The standard InChI is InChI=1S/C16H28N2/c1-7-13-8-10-14(11-9-13)18(6)12-15(2,3)16(4,5)17/h8-11H,7,12,17H2,1-6H3. The largest absolute Gasteiger partial charge is 0.374 e. The molecule has 2 heteroatoms. The van der Waals surface area contributed by atoms with Crippen LogP contribution in [0.1, 0.15) is 40.2 Å². The molecular weight excluding hydrogens is 220 g/mol. The number of nitrogens with zero attached hydrogens (tertiary/aromatic N) is 1. The Balaban J connectivity index is 2.78. The fraction of sp³-hybridized carbons (Fsp3) is 0.625. The average Bonchev–Trinajstić information content (AvgIpc) is 2.27. The fourth-order valence-corrected chi connectivity index (χ4v) is 1.87. The van der Waals surface area contributed by atoms with Gasteiger partial charge in [0.1, 0.15) is 0 Å². The third kappa shape index (κ3) is 3.49. The molecule has 18 heavy (non-hydrogen) atoms. The van der Waals surface area contributed by atoms with Gasteiger partial charge < -0.3 is 10.6 Å². The predicted molar refractivity (Wildman–Crippen MR) is 81.1 cm³/mol. The second kappa shape index (κ2) is 5.31. The SMILES string of the molecule is CCc1ccc(N(C)CC(C)(C)C(C)(C)N)cc1. The normalized spacial score (nSPS) is 12.6. The molecule has 2 N–H and O–H groups in total. The minimum Gasteiger partial charge on any atom is -0.374 e. The van der Waals surface area contributed by atoms with Gasteiger partial charge >= 0.3 is 0 Å². The van der Waals surface area contributed by atoms with Crippen molar-refractivity contribution < 1.29 is 0 Å². The molecule has 0 aromatic heterocycles. The highest BCUT2D eigenvalue weighted by Gasteiger charge is 2.34. The zero-order valence-corrected chi connectivity index (χ0v) is 12.7. The minimum absolute atomic E-state index is 0.0607. The molecule has 1 aromatic carbocycles. The number of hydrogen-bond acceptors (Lipinski definition) is 2. The van der Waals surface area contributed by atoms with Crippen LogP contribution >= 0.6 is 0 Å². The zero-order chi connectivity index (χ0) is 14.0. The van der Waals surface area contributed by atoms with Crippen molar-refractivity contribution in [2.75, 3.05) is 18.5 Å². The molecule has 102 valence electrons. The second-order valence-electron chi connectivity index (χ2n) is 6.48. The molecule has 0 radical (unpaired) electrons. The van der Waals surface area contributed by atoms with Gasteiger partial charge in [-0.25, -0.2) is 0 Å². The first-order valence-electron chi connectivity index (χ1n) is 6.76. The maximum absolute atomic E-state index is 6.26. The van der Waals surface area contributed by atoms with Crippen molar-refractivity contribution in [3.63, 3.8) is 0 Å². The molecule has 0 saturated carbocycles. The number of rotatable bonds is 5. The van der Waals surface area contributed by atoms with E-state index in [9.17, 15) is 0 Å². The van der Waals surface area contributed by atoms with Crippen molar-refractivity contribution in [2.24, 2.45) is 11.1 Å². The summed E-state index contributed by atoms with van der Waals surface area (Å²) in [5.74, 6) is 0. The van der Waals surface area contributed by atoms with Crippen LogP contribution in [0.2, 0.25) is 0 Å². The third-order valence-corrected chi connectivity index (χ3v) is 4.16. The van der Waals surface area contributed by atoms with Gasteiger partial charge in [-0.2, -0.15) is 0 Å². The van der Waals surface area contributed by atoms with E-state index in [0.717, 1.165) is 13.0 Å². The van der Waals surface area contributed by atoms with Crippen LogP contribution in [0, 0.1) is 5.41 Å². The van der Waals surface area contributed by atoms with E-state index in [1.165, 1.54) is 11.3 Å². The zero-order valence-electron chi connectivity index (χ0n) is 12.7. The summed E-state index contributed by atoms with van der Waals surface area (Å²) in [6, 6.07) is 8.79. The summed E-state index contributed by atoms with van der Waals surface area (Å²) in [6.45, 7) is 11.8. The maximum Gasteiger partial charge on any atom is 0.0363 e. The Labute approximate surface area is 112 Å². The van der Waals surface area contributed by atoms with Crippen LogP contribution in [0.25, 0.3) is 0 Å². The lowest BCUT2D eigenvalue weighted by atomic mass is 9.75. The molecule has 0 atom stereocenters. The highest BCUT2D eigenvalue weighted by molar-refractivity contribution is 5.47. The van der Waals surface area contributed by atoms with Crippen LogP contribution in [-0.2, 0) is 6.42 Å². The van der Waals surface area contributed by atoms with Crippen molar-refractivity contribution in [2.45, 2.75) is 46.6 Å². The molecule has 1 aromatic rings. The summed E-state index contributed by atoms with van der Waals surface area (Å²) in [5, 5.41) is 0. The molecule has 2 nitrogen and oxygen atoms in total. The van der Waals surface area contributed by atoms with Crippen LogP contribution in [0.5, 0.6) is 0 Å². The van der Waals surface area contributed by atoms with Crippen molar-refractivity contribution in [1.29, 1.82) is 0 Å².